The Morgan fingerprint density at radius 1 is 1.03 bits per heavy atom. The van der Waals surface area contributed by atoms with Crippen molar-refractivity contribution in [3.63, 3.8) is 0 Å². The predicted octanol–water partition coefficient (Wildman–Crippen LogP) is 4.76. The van der Waals surface area contributed by atoms with Crippen molar-refractivity contribution in [1.82, 2.24) is 14.4 Å². The molecule has 0 unspecified atom stereocenters. The molecule has 8 heteroatoms. The Bertz CT molecular complexity index is 1070. The molecule has 0 aliphatic rings. The van der Waals surface area contributed by atoms with Gasteiger partial charge in [-0.25, -0.2) is 8.42 Å². The molecule has 2 aromatic carbocycles. The van der Waals surface area contributed by atoms with E-state index in [1.54, 1.807) is 12.1 Å². The Labute approximate surface area is 180 Å². The highest BCUT2D eigenvalue weighted by atomic mass is 79.9. The summed E-state index contributed by atoms with van der Waals surface area (Å²) in [5.74, 6) is 0.604. The van der Waals surface area contributed by atoms with E-state index in [0.29, 0.717) is 11.4 Å². The molecule has 29 heavy (non-hydrogen) atoms. The van der Waals surface area contributed by atoms with Crippen molar-refractivity contribution < 1.29 is 12.9 Å². The van der Waals surface area contributed by atoms with Crippen LogP contribution in [0, 0.1) is 0 Å². The third-order valence-electron chi connectivity index (χ3n) is 4.57. The third-order valence-corrected chi connectivity index (χ3v) is 6.88. The molecule has 1 heterocycles. The summed E-state index contributed by atoms with van der Waals surface area (Å²) in [4.78, 5) is 4.35. The Kier molecular flexibility index (Phi) is 6.26. The SMILES string of the molecule is CN(Cc1nc(-c2ccc(C(C)(C)C)cc2)no1)S(=O)(=O)Cc1ccc(Br)cc1. The fourth-order valence-corrected chi connectivity index (χ4v) is 4.15. The minimum Gasteiger partial charge on any atom is -0.338 e. The van der Waals surface area contributed by atoms with E-state index in [9.17, 15) is 8.42 Å². The van der Waals surface area contributed by atoms with Gasteiger partial charge >= 0.3 is 0 Å². The van der Waals surface area contributed by atoms with Gasteiger partial charge in [0.25, 0.3) is 0 Å². The maximum absolute atomic E-state index is 12.6. The Hall–Kier alpha value is -2.03. The van der Waals surface area contributed by atoms with Gasteiger partial charge in [-0.3, -0.25) is 0 Å². The summed E-state index contributed by atoms with van der Waals surface area (Å²) in [7, 11) is -2.00. The first kappa shape index (κ1) is 21.7. The first-order valence-electron chi connectivity index (χ1n) is 9.16. The van der Waals surface area contributed by atoms with Gasteiger partial charge in [-0.2, -0.15) is 9.29 Å². The zero-order valence-corrected chi connectivity index (χ0v) is 19.3. The molecule has 3 rings (SSSR count). The van der Waals surface area contributed by atoms with E-state index in [1.165, 1.54) is 16.9 Å². The molecule has 0 fully saturated rings. The van der Waals surface area contributed by atoms with E-state index in [4.69, 9.17) is 4.52 Å². The molecule has 0 saturated heterocycles. The van der Waals surface area contributed by atoms with E-state index in [-0.39, 0.29) is 23.6 Å². The average Bonchev–Trinajstić information content (AvgIpc) is 3.11. The maximum atomic E-state index is 12.6. The van der Waals surface area contributed by atoms with Crippen LogP contribution in [0.15, 0.2) is 57.5 Å². The van der Waals surface area contributed by atoms with Gasteiger partial charge in [0.1, 0.15) is 0 Å². The number of benzene rings is 2. The summed E-state index contributed by atoms with van der Waals surface area (Å²) in [5, 5.41) is 3.99. The van der Waals surface area contributed by atoms with Crippen LogP contribution in [0.25, 0.3) is 11.4 Å². The lowest BCUT2D eigenvalue weighted by Crippen LogP contribution is -2.27. The number of sulfonamides is 1. The first-order valence-corrected chi connectivity index (χ1v) is 11.6. The largest absolute Gasteiger partial charge is 0.338 e. The molecular weight excluding hydrogens is 454 g/mol. The Morgan fingerprint density at radius 3 is 2.24 bits per heavy atom. The van der Waals surface area contributed by atoms with Crippen LogP contribution in [0.5, 0.6) is 0 Å². The molecule has 0 aliphatic heterocycles. The van der Waals surface area contributed by atoms with Gasteiger partial charge in [-0.05, 0) is 28.7 Å². The molecule has 0 atom stereocenters. The lowest BCUT2D eigenvalue weighted by molar-refractivity contribution is 0.336. The molecule has 0 aliphatic carbocycles. The Balaban J connectivity index is 1.69. The number of aromatic nitrogens is 2. The van der Waals surface area contributed by atoms with Crippen molar-refractivity contribution in [2.75, 3.05) is 7.05 Å². The zero-order valence-electron chi connectivity index (χ0n) is 16.9. The van der Waals surface area contributed by atoms with Crippen LogP contribution in [0.4, 0.5) is 0 Å². The number of halogens is 1. The zero-order chi connectivity index (χ0) is 21.2. The highest BCUT2D eigenvalue weighted by Crippen LogP contribution is 2.25. The van der Waals surface area contributed by atoms with Crippen LogP contribution in [0.3, 0.4) is 0 Å². The van der Waals surface area contributed by atoms with Crippen LogP contribution in [0.1, 0.15) is 37.8 Å². The molecular formula is C21H24BrN3O3S. The van der Waals surface area contributed by atoms with E-state index in [1.807, 2.05) is 36.4 Å². The van der Waals surface area contributed by atoms with Crippen molar-refractivity contribution in [3.05, 3.63) is 70.0 Å². The monoisotopic (exact) mass is 477 g/mol. The molecule has 0 radical (unpaired) electrons. The molecule has 154 valence electrons. The van der Waals surface area contributed by atoms with Gasteiger partial charge in [0.2, 0.25) is 21.7 Å². The van der Waals surface area contributed by atoms with E-state index in [2.05, 4.69) is 46.8 Å². The average molecular weight is 478 g/mol. The second-order valence-corrected chi connectivity index (χ2v) is 11.0. The smallest absolute Gasteiger partial charge is 0.242 e. The molecule has 0 amide bonds. The van der Waals surface area contributed by atoms with Gasteiger partial charge in [-0.15, -0.1) is 0 Å². The fraction of sp³-hybridized carbons (Fsp3) is 0.333. The molecule has 3 aromatic rings. The summed E-state index contributed by atoms with van der Waals surface area (Å²) in [6, 6.07) is 15.2. The van der Waals surface area contributed by atoms with Gasteiger partial charge in [0, 0.05) is 17.1 Å². The summed E-state index contributed by atoms with van der Waals surface area (Å²) < 4.78 is 32.7. The van der Waals surface area contributed by atoms with E-state index >= 15 is 0 Å². The molecule has 0 N–H and O–H groups in total. The standard InChI is InChI=1S/C21H24BrN3O3S/c1-21(2,3)17-9-7-16(8-10-17)20-23-19(28-24-20)13-25(4)29(26,27)14-15-5-11-18(22)12-6-15/h5-12H,13-14H2,1-4H3. The molecule has 0 spiro atoms. The van der Waals surface area contributed by atoms with Crippen molar-refractivity contribution in [3.8, 4) is 11.4 Å². The molecule has 1 aromatic heterocycles. The summed E-state index contributed by atoms with van der Waals surface area (Å²) in [6.07, 6.45) is 0. The van der Waals surface area contributed by atoms with Gasteiger partial charge < -0.3 is 4.52 Å². The number of hydrogen-bond acceptors (Lipinski definition) is 5. The number of hydrogen-bond donors (Lipinski definition) is 0. The van der Waals surface area contributed by atoms with Crippen LogP contribution in [-0.2, 0) is 27.7 Å². The molecule has 6 nitrogen and oxygen atoms in total. The minimum atomic E-state index is -3.51. The molecule has 0 bridgehead atoms. The number of rotatable bonds is 6. The van der Waals surface area contributed by atoms with Crippen molar-refractivity contribution in [2.45, 2.75) is 38.5 Å². The lowest BCUT2D eigenvalue weighted by atomic mass is 9.87. The second-order valence-electron chi connectivity index (χ2n) is 7.98. The summed E-state index contributed by atoms with van der Waals surface area (Å²) in [5.41, 5.74) is 2.81. The van der Waals surface area contributed by atoms with Gasteiger partial charge in [0.15, 0.2) is 0 Å². The van der Waals surface area contributed by atoms with Crippen molar-refractivity contribution in [2.24, 2.45) is 0 Å². The van der Waals surface area contributed by atoms with Crippen LogP contribution in [0.2, 0.25) is 0 Å². The van der Waals surface area contributed by atoms with Gasteiger partial charge in [-0.1, -0.05) is 78.3 Å². The van der Waals surface area contributed by atoms with Gasteiger partial charge in [0.05, 0.1) is 12.3 Å². The Morgan fingerprint density at radius 2 is 1.66 bits per heavy atom. The fourth-order valence-electron chi connectivity index (χ4n) is 2.75. The summed E-state index contributed by atoms with van der Waals surface area (Å²) in [6.45, 7) is 6.48. The third kappa shape index (κ3) is 5.52. The quantitative estimate of drug-likeness (QED) is 0.511. The topological polar surface area (TPSA) is 76.3 Å². The maximum Gasteiger partial charge on any atom is 0.242 e. The predicted molar refractivity (Wildman–Crippen MR) is 117 cm³/mol. The van der Waals surface area contributed by atoms with Crippen molar-refractivity contribution >= 4 is 26.0 Å². The highest BCUT2D eigenvalue weighted by Gasteiger charge is 2.22. The van der Waals surface area contributed by atoms with Crippen LogP contribution in [-0.4, -0.2) is 29.9 Å². The second kappa shape index (κ2) is 8.38. The summed E-state index contributed by atoms with van der Waals surface area (Å²) >= 11 is 3.35. The molecule has 0 saturated carbocycles. The van der Waals surface area contributed by atoms with Crippen LogP contribution >= 0.6 is 15.9 Å². The first-order chi connectivity index (χ1) is 13.5. The minimum absolute atomic E-state index is 0.0198. The highest BCUT2D eigenvalue weighted by molar-refractivity contribution is 9.10. The van der Waals surface area contributed by atoms with E-state index in [0.717, 1.165) is 10.0 Å². The van der Waals surface area contributed by atoms with Crippen LogP contribution < -0.4 is 0 Å². The van der Waals surface area contributed by atoms with Crippen molar-refractivity contribution in [1.29, 1.82) is 0 Å². The normalized spacial score (nSPS) is 12.5. The van der Waals surface area contributed by atoms with E-state index < -0.39 is 10.0 Å². The number of nitrogens with zero attached hydrogens (tertiary/aromatic N) is 3. The lowest BCUT2D eigenvalue weighted by Gasteiger charge is -2.18.